The SMILES string of the molecule is Cc1ccc(F)c([C@@H](C2CCC2)N2CCNCC2)c1O.Cl.Cl. The van der Waals surface area contributed by atoms with Gasteiger partial charge in [0.05, 0.1) is 0 Å². The van der Waals surface area contributed by atoms with Crippen molar-refractivity contribution in [3.8, 4) is 5.75 Å². The van der Waals surface area contributed by atoms with Crippen LogP contribution < -0.4 is 5.32 Å². The van der Waals surface area contributed by atoms with Crippen molar-refractivity contribution in [3.63, 3.8) is 0 Å². The highest BCUT2D eigenvalue weighted by atomic mass is 35.5. The molecule has 2 N–H and O–H groups in total. The van der Waals surface area contributed by atoms with Crippen LogP contribution in [-0.2, 0) is 0 Å². The molecule has 0 unspecified atom stereocenters. The third-order valence-electron chi connectivity index (χ3n) is 4.80. The smallest absolute Gasteiger partial charge is 0.131 e. The number of nitrogens with zero attached hydrogens (tertiary/aromatic N) is 1. The monoisotopic (exact) mass is 350 g/mol. The van der Waals surface area contributed by atoms with E-state index in [0.717, 1.165) is 44.6 Å². The summed E-state index contributed by atoms with van der Waals surface area (Å²) in [7, 11) is 0. The Morgan fingerprint density at radius 1 is 1.23 bits per heavy atom. The normalized spacial score (nSPS) is 20.5. The third-order valence-corrected chi connectivity index (χ3v) is 4.80. The summed E-state index contributed by atoms with van der Waals surface area (Å²) in [6, 6.07) is 3.19. The van der Waals surface area contributed by atoms with Gasteiger partial charge in [-0.25, -0.2) is 4.39 Å². The van der Waals surface area contributed by atoms with Crippen LogP contribution in [0.1, 0.15) is 36.4 Å². The van der Waals surface area contributed by atoms with Gasteiger partial charge in [0.1, 0.15) is 11.6 Å². The average molecular weight is 351 g/mol. The number of nitrogens with one attached hydrogen (secondary N) is 1. The topological polar surface area (TPSA) is 35.5 Å². The zero-order valence-electron chi connectivity index (χ0n) is 12.8. The van der Waals surface area contributed by atoms with Crippen molar-refractivity contribution in [2.75, 3.05) is 26.2 Å². The van der Waals surface area contributed by atoms with E-state index in [-0.39, 0.29) is 42.4 Å². The summed E-state index contributed by atoms with van der Waals surface area (Å²) in [5.74, 6) is 0.374. The quantitative estimate of drug-likeness (QED) is 0.876. The molecule has 0 aromatic heterocycles. The highest BCUT2D eigenvalue weighted by Crippen LogP contribution is 2.45. The lowest BCUT2D eigenvalue weighted by Crippen LogP contribution is -2.48. The van der Waals surface area contributed by atoms with E-state index in [1.807, 2.05) is 6.92 Å². The van der Waals surface area contributed by atoms with Crippen molar-refractivity contribution in [2.45, 2.75) is 32.2 Å². The molecule has 0 radical (unpaired) electrons. The molecule has 0 bridgehead atoms. The molecule has 1 aliphatic heterocycles. The molecule has 1 saturated carbocycles. The Morgan fingerprint density at radius 2 is 1.86 bits per heavy atom. The van der Waals surface area contributed by atoms with E-state index in [9.17, 15) is 9.50 Å². The van der Waals surface area contributed by atoms with E-state index in [1.165, 1.54) is 12.5 Å². The molecule has 2 aliphatic rings. The number of halogens is 3. The number of benzene rings is 1. The average Bonchev–Trinajstić information content (AvgIpc) is 2.41. The predicted octanol–water partition coefficient (Wildman–Crippen LogP) is 3.43. The number of hydrogen-bond donors (Lipinski definition) is 2. The summed E-state index contributed by atoms with van der Waals surface area (Å²) in [4.78, 5) is 2.35. The Bertz CT molecular complexity index is 491. The van der Waals surface area contributed by atoms with Crippen LogP contribution in [-0.4, -0.2) is 36.2 Å². The van der Waals surface area contributed by atoms with Crippen LogP contribution in [0, 0.1) is 18.7 Å². The molecule has 6 heteroatoms. The zero-order chi connectivity index (χ0) is 14.1. The Kier molecular flexibility index (Phi) is 7.39. The molecule has 1 aromatic rings. The van der Waals surface area contributed by atoms with Gasteiger partial charge in [0.15, 0.2) is 0 Å². The molecule has 2 fully saturated rings. The van der Waals surface area contributed by atoms with E-state index >= 15 is 0 Å². The van der Waals surface area contributed by atoms with Crippen molar-refractivity contribution in [1.29, 1.82) is 0 Å². The molecular formula is C16H25Cl2FN2O. The van der Waals surface area contributed by atoms with Crippen molar-refractivity contribution in [2.24, 2.45) is 5.92 Å². The lowest BCUT2D eigenvalue weighted by molar-refractivity contribution is 0.0792. The van der Waals surface area contributed by atoms with Gasteiger partial charge in [0.25, 0.3) is 0 Å². The molecule has 3 rings (SSSR count). The van der Waals surface area contributed by atoms with Crippen LogP contribution in [0.4, 0.5) is 4.39 Å². The van der Waals surface area contributed by atoms with Gasteiger partial charge in [-0.2, -0.15) is 0 Å². The minimum atomic E-state index is -0.261. The van der Waals surface area contributed by atoms with Crippen molar-refractivity contribution >= 4 is 24.8 Å². The molecule has 1 aromatic carbocycles. The summed E-state index contributed by atoms with van der Waals surface area (Å²) >= 11 is 0. The minimum Gasteiger partial charge on any atom is -0.507 e. The largest absolute Gasteiger partial charge is 0.507 e. The van der Waals surface area contributed by atoms with Gasteiger partial charge in [-0.3, -0.25) is 4.90 Å². The van der Waals surface area contributed by atoms with Gasteiger partial charge >= 0.3 is 0 Å². The first-order valence-electron chi connectivity index (χ1n) is 7.61. The second kappa shape index (κ2) is 8.34. The molecule has 126 valence electrons. The van der Waals surface area contributed by atoms with Crippen molar-refractivity contribution in [3.05, 3.63) is 29.1 Å². The van der Waals surface area contributed by atoms with E-state index < -0.39 is 0 Å². The number of phenols is 1. The summed E-state index contributed by atoms with van der Waals surface area (Å²) in [6.07, 6.45) is 3.50. The molecule has 1 heterocycles. The van der Waals surface area contributed by atoms with Gasteiger partial charge in [0.2, 0.25) is 0 Å². The Labute approximate surface area is 144 Å². The van der Waals surface area contributed by atoms with Crippen LogP contribution in [0.3, 0.4) is 0 Å². The first-order chi connectivity index (χ1) is 9.68. The maximum absolute atomic E-state index is 14.4. The molecule has 1 aliphatic carbocycles. The van der Waals surface area contributed by atoms with Crippen molar-refractivity contribution in [1.82, 2.24) is 10.2 Å². The van der Waals surface area contributed by atoms with E-state index in [2.05, 4.69) is 10.2 Å². The summed E-state index contributed by atoms with van der Waals surface area (Å²) in [5.41, 5.74) is 1.29. The van der Waals surface area contributed by atoms with Gasteiger partial charge in [0, 0.05) is 37.8 Å². The number of rotatable bonds is 3. The third kappa shape index (κ3) is 3.67. The van der Waals surface area contributed by atoms with Crippen LogP contribution in [0.25, 0.3) is 0 Å². The predicted molar refractivity (Wildman–Crippen MR) is 91.8 cm³/mol. The second-order valence-electron chi connectivity index (χ2n) is 6.05. The first-order valence-corrected chi connectivity index (χ1v) is 7.61. The Morgan fingerprint density at radius 3 is 2.41 bits per heavy atom. The first kappa shape index (κ1) is 19.5. The second-order valence-corrected chi connectivity index (χ2v) is 6.05. The highest BCUT2D eigenvalue weighted by Gasteiger charge is 2.36. The Hall–Kier alpha value is -0.550. The van der Waals surface area contributed by atoms with E-state index in [4.69, 9.17) is 0 Å². The van der Waals surface area contributed by atoms with Crippen LogP contribution in [0.5, 0.6) is 5.75 Å². The summed E-state index contributed by atoms with van der Waals surface area (Å²) in [5, 5.41) is 13.7. The fraction of sp³-hybridized carbons (Fsp3) is 0.625. The lowest BCUT2D eigenvalue weighted by atomic mass is 9.75. The molecule has 1 atom stereocenters. The minimum absolute atomic E-state index is 0. The van der Waals surface area contributed by atoms with E-state index in [0.29, 0.717) is 11.5 Å². The Balaban J connectivity index is 0.00000121. The van der Waals surface area contributed by atoms with Crippen LogP contribution in [0.2, 0.25) is 0 Å². The standard InChI is InChI=1S/C16H23FN2O.2ClH/c1-11-5-6-13(17)14(16(11)20)15(12-3-2-4-12)19-9-7-18-8-10-19;;/h5-6,12,15,18,20H,2-4,7-10H2,1H3;2*1H/t15-;;/m1../s1. The fourth-order valence-corrected chi connectivity index (χ4v) is 3.41. The zero-order valence-corrected chi connectivity index (χ0v) is 14.5. The lowest BCUT2D eigenvalue weighted by Gasteiger charge is -2.43. The van der Waals surface area contributed by atoms with Gasteiger partial charge < -0.3 is 10.4 Å². The molecule has 0 amide bonds. The summed E-state index contributed by atoms with van der Waals surface area (Å²) < 4.78 is 14.4. The molecule has 22 heavy (non-hydrogen) atoms. The van der Waals surface area contributed by atoms with E-state index in [1.54, 1.807) is 6.07 Å². The fourth-order valence-electron chi connectivity index (χ4n) is 3.41. The highest BCUT2D eigenvalue weighted by molar-refractivity contribution is 5.85. The van der Waals surface area contributed by atoms with Crippen molar-refractivity contribution < 1.29 is 9.50 Å². The molecule has 0 spiro atoms. The number of phenolic OH excluding ortho intramolecular Hbond substituents is 1. The van der Waals surface area contributed by atoms with Gasteiger partial charge in [-0.15, -0.1) is 24.8 Å². The number of piperazine rings is 1. The number of aryl methyl sites for hydroxylation is 1. The molecule has 3 nitrogen and oxygen atoms in total. The van der Waals surface area contributed by atoms with Crippen LogP contribution in [0.15, 0.2) is 12.1 Å². The maximum atomic E-state index is 14.4. The maximum Gasteiger partial charge on any atom is 0.131 e. The van der Waals surface area contributed by atoms with Crippen LogP contribution >= 0.6 is 24.8 Å². The number of hydrogen-bond acceptors (Lipinski definition) is 3. The van der Waals surface area contributed by atoms with Gasteiger partial charge in [-0.1, -0.05) is 12.5 Å². The number of aromatic hydroxyl groups is 1. The summed E-state index contributed by atoms with van der Waals surface area (Å²) in [6.45, 7) is 5.57. The molecular weight excluding hydrogens is 326 g/mol. The van der Waals surface area contributed by atoms with Gasteiger partial charge in [-0.05, 0) is 37.3 Å². The molecule has 1 saturated heterocycles.